The number of hydrogen-bond acceptors (Lipinski definition) is 3. The first-order valence-electron chi connectivity index (χ1n) is 7.45. The predicted octanol–water partition coefficient (Wildman–Crippen LogP) is 5.11. The van der Waals surface area contributed by atoms with Crippen molar-refractivity contribution < 1.29 is 9.53 Å². The number of hydrogen-bond donors (Lipinski definition) is 1. The van der Waals surface area contributed by atoms with E-state index in [9.17, 15) is 4.79 Å². The van der Waals surface area contributed by atoms with Gasteiger partial charge in [-0.25, -0.2) is 0 Å². The van der Waals surface area contributed by atoms with Gasteiger partial charge in [-0.15, -0.1) is 11.8 Å². The lowest BCUT2D eigenvalue weighted by molar-refractivity contribution is -0.119. The first-order chi connectivity index (χ1) is 11.5. The lowest BCUT2D eigenvalue weighted by Crippen LogP contribution is -2.28. The second-order valence-corrected chi connectivity index (χ2v) is 7.06. The van der Waals surface area contributed by atoms with E-state index in [1.165, 1.54) is 11.8 Å². The van der Waals surface area contributed by atoms with Crippen LogP contribution in [0, 0.1) is 0 Å². The van der Waals surface area contributed by atoms with Gasteiger partial charge in [-0.3, -0.25) is 4.79 Å². The molecule has 0 unspecified atom stereocenters. The highest BCUT2D eigenvalue weighted by Gasteiger charge is 2.11. The highest BCUT2D eigenvalue weighted by Crippen LogP contribution is 2.28. The maximum Gasteiger partial charge on any atom is 0.230 e. The number of thioether (sulfide) groups is 1. The van der Waals surface area contributed by atoms with Gasteiger partial charge in [-0.05, 0) is 42.3 Å². The van der Waals surface area contributed by atoms with Crippen molar-refractivity contribution in [2.45, 2.75) is 18.7 Å². The van der Waals surface area contributed by atoms with Crippen molar-refractivity contribution in [1.82, 2.24) is 5.32 Å². The first-order valence-corrected chi connectivity index (χ1v) is 9.36. The SMILES string of the molecule is COc1ccc([C@@H](C)NC(=O)CSCc2c(Cl)cccc2Cl)cc1. The molecule has 3 nitrogen and oxygen atoms in total. The lowest BCUT2D eigenvalue weighted by atomic mass is 10.1. The van der Waals surface area contributed by atoms with Crippen LogP contribution in [-0.4, -0.2) is 18.8 Å². The van der Waals surface area contributed by atoms with Gasteiger partial charge in [0.1, 0.15) is 5.75 Å². The van der Waals surface area contributed by atoms with Crippen molar-refractivity contribution in [2.75, 3.05) is 12.9 Å². The van der Waals surface area contributed by atoms with Crippen LogP contribution in [0.1, 0.15) is 24.1 Å². The maximum atomic E-state index is 12.1. The third kappa shape index (κ3) is 5.33. The van der Waals surface area contributed by atoms with E-state index in [1.807, 2.05) is 37.3 Å². The summed E-state index contributed by atoms with van der Waals surface area (Å²) < 4.78 is 5.13. The Balaban J connectivity index is 1.82. The number of rotatable bonds is 7. The Kier molecular flexibility index (Phi) is 7.28. The van der Waals surface area contributed by atoms with Gasteiger partial charge in [0.2, 0.25) is 5.91 Å². The summed E-state index contributed by atoms with van der Waals surface area (Å²) in [6.45, 7) is 1.95. The summed E-state index contributed by atoms with van der Waals surface area (Å²) in [5.41, 5.74) is 1.89. The molecule has 0 aliphatic heterocycles. The number of benzene rings is 2. The standard InChI is InChI=1S/C18H19Cl2NO2S/c1-12(13-6-8-14(23-2)9-7-13)21-18(22)11-24-10-15-16(19)4-3-5-17(15)20/h3-9,12H,10-11H2,1-2H3,(H,21,22)/t12-/m1/s1. The Bertz CT molecular complexity index is 672. The molecule has 0 aliphatic rings. The molecule has 0 fully saturated rings. The third-order valence-electron chi connectivity index (χ3n) is 3.53. The second kappa shape index (κ2) is 9.21. The summed E-state index contributed by atoms with van der Waals surface area (Å²) in [6, 6.07) is 13.0. The molecule has 128 valence electrons. The van der Waals surface area contributed by atoms with Gasteiger partial charge < -0.3 is 10.1 Å². The van der Waals surface area contributed by atoms with E-state index in [0.29, 0.717) is 21.6 Å². The number of ether oxygens (including phenoxy) is 1. The topological polar surface area (TPSA) is 38.3 Å². The molecule has 1 N–H and O–H groups in total. The van der Waals surface area contributed by atoms with E-state index in [2.05, 4.69) is 5.32 Å². The number of amides is 1. The summed E-state index contributed by atoms with van der Waals surface area (Å²) in [4.78, 5) is 12.1. The quantitative estimate of drug-likeness (QED) is 0.721. The predicted molar refractivity (Wildman–Crippen MR) is 102 cm³/mol. The highest BCUT2D eigenvalue weighted by molar-refractivity contribution is 7.99. The molecule has 1 amide bonds. The van der Waals surface area contributed by atoms with Crippen molar-refractivity contribution in [2.24, 2.45) is 0 Å². The Morgan fingerprint density at radius 1 is 1.17 bits per heavy atom. The van der Waals surface area contributed by atoms with Crippen LogP contribution in [0.2, 0.25) is 10.0 Å². The summed E-state index contributed by atoms with van der Waals surface area (Å²) in [5, 5.41) is 4.24. The molecule has 24 heavy (non-hydrogen) atoms. The fourth-order valence-electron chi connectivity index (χ4n) is 2.18. The van der Waals surface area contributed by atoms with E-state index in [-0.39, 0.29) is 11.9 Å². The van der Waals surface area contributed by atoms with E-state index in [0.717, 1.165) is 16.9 Å². The molecule has 0 spiro atoms. The second-order valence-electron chi connectivity index (χ2n) is 5.26. The molecule has 1 atom stereocenters. The summed E-state index contributed by atoms with van der Waals surface area (Å²) >= 11 is 13.7. The Hall–Kier alpha value is -1.36. The molecule has 2 aromatic carbocycles. The van der Waals surface area contributed by atoms with Crippen LogP contribution < -0.4 is 10.1 Å². The van der Waals surface area contributed by atoms with E-state index in [4.69, 9.17) is 27.9 Å². The van der Waals surface area contributed by atoms with E-state index < -0.39 is 0 Å². The Morgan fingerprint density at radius 3 is 2.38 bits per heavy atom. The average Bonchev–Trinajstić information content (AvgIpc) is 2.57. The van der Waals surface area contributed by atoms with Crippen LogP contribution >= 0.6 is 35.0 Å². The molecular formula is C18H19Cl2NO2S. The zero-order valence-electron chi connectivity index (χ0n) is 13.5. The van der Waals surface area contributed by atoms with Crippen molar-refractivity contribution >= 4 is 40.9 Å². The van der Waals surface area contributed by atoms with Gasteiger partial charge in [-0.1, -0.05) is 41.4 Å². The molecule has 2 rings (SSSR count). The minimum absolute atomic E-state index is 0.0218. The largest absolute Gasteiger partial charge is 0.497 e. The van der Waals surface area contributed by atoms with Crippen LogP contribution in [0.15, 0.2) is 42.5 Å². The van der Waals surface area contributed by atoms with Crippen LogP contribution in [0.4, 0.5) is 0 Å². The molecule has 0 heterocycles. The number of nitrogens with one attached hydrogen (secondary N) is 1. The van der Waals surface area contributed by atoms with Gasteiger partial charge in [0.25, 0.3) is 0 Å². The zero-order valence-corrected chi connectivity index (χ0v) is 15.8. The highest BCUT2D eigenvalue weighted by atomic mass is 35.5. The fraction of sp³-hybridized carbons (Fsp3) is 0.278. The molecule has 0 aliphatic carbocycles. The lowest BCUT2D eigenvalue weighted by Gasteiger charge is -2.15. The molecular weight excluding hydrogens is 365 g/mol. The maximum absolute atomic E-state index is 12.1. The van der Waals surface area contributed by atoms with Crippen LogP contribution in [0.25, 0.3) is 0 Å². The number of halogens is 2. The van der Waals surface area contributed by atoms with Crippen LogP contribution in [0.3, 0.4) is 0 Å². The minimum atomic E-state index is -0.0621. The minimum Gasteiger partial charge on any atom is -0.497 e. The molecule has 0 saturated carbocycles. The fourth-order valence-corrected chi connectivity index (χ4v) is 3.75. The van der Waals surface area contributed by atoms with Gasteiger partial charge in [0.15, 0.2) is 0 Å². The number of carbonyl (C=O) groups excluding carboxylic acids is 1. The van der Waals surface area contributed by atoms with Gasteiger partial charge in [0, 0.05) is 15.8 Å². The van der Waals surface area contributed by atoms with E-state index in [1.54, 1.807) is 19.2 Å². The van der Waals surface area contributed by atoms with Crippen molar-refractivity contribution in [3.8, 4) is 5.75 Å². The normalized spacial score (nSPS) is 11.8. The van der Waals surface area contributed by atoms with Gasteiger partial charge >= 0.3 is 0 Å². The van der Waals surface area contributed by atoms with Crippen LogP contribution in [0.5, 0.6) is 5.75 Å². The average molecular weight is 384 g/mol. The van der Waals surface area contributed by atoms with Crippen molar-refractivity contribution in [1.29, 1.82) is 0 Å². The number of carbonyl (C=O) groups is 1. The molecule has 0 saturated heterocycles. The van der Waals surface area contributed by atoms with Crippen molar-refractivity contribution in [3.05, 3.63) is 63.6 Å². The Labute approximate surface area is 156 Å². The van der Waals surface area contributed by atoms with Crippen LogP contribution in [-0.2, 0) is 10.5 Å². The monoisotopic (exact) mass is 383 g/mol. The Morgan fingerprint density at radius 2 is 1.79 bits per heavy atom. The van der Waals surface area contributed by atoms with Gasteiger partial charge in [0.05, 0.1) is 18.9 Å². The smallest absolute Gasteiger partial charge is 0.230 e. The van der Waals surface area contributed by atoms with Crippen molar-refractivity contribution in [3.63, 3.8) is 0 Å². The molecule has 0 aromatic heterocycles. The summed E-state index contributed by atoms with van der Waals surface area (Å²) in [5.74, 6) is 1.72. The zero-order chi connectivity index (χ0) is 17.5. The molecule has 0 radical (unpaired) electrons. The van der Waals surface area contributed by atoms with E-state index >= 15 is 0 Å². The molecule has 6 heteroatoms. The first kappa shape index (κ1) is 19.0. The summed E-state index contributed by atoms with van der Waals surface area (Å²) in [6.07, 6.45) is 0. The van der Waals surface area contributed by atoms with Gasteiger partial charge in [-0.2, -0.15) is 0 Å². The summed E-state index contributed by atoms with van der Waals surface area (Å²) in [7, 11) is 1.63. The third-order valence-corrected chi connectivity index (χ3v) is 5.20. The molecule has 0 bridgehead atoms. The number of methoxy groups -OCH3 is 1. The molecule has 2 aromatic rings.